The fourth-order valence-corrected chi connectivity index (χ4v) is 7.62. The lowest BCUT2D eigenvalue weighted by Crippen LogP contribution is -2.58. The molecule has 1 aliphatic heterocycles. The van der Waals surface area contributed by atoms with Crippen LogP contribution in [0.3, 0.4) is 0 Å². The van der Waals surface area contributed by atoms with Gasteiger partial charge in [0.05, 0.1) is 16.9 Å². The summed E-state index contributed by atoms with van der Waals surface area (Å²) in [4.78, 5) is 83.9. The van der Waals surface area contributed by atoms with E-state index in [-0.39, 0.29) is 60.3 Å². The predicted molar refractivity (Wildman–Crippen MR) is 204 cm³/mol. The van der Waals surface area contributed by atoms with Crippen molar-refractivity contribution in [2.75, 3.05) is 20.6 Å². The summed E-state index contributed by atoms with van der Waals surface area (Å²) in [6.07, 6.45) is 2.97. The minimum Gasteiger partial charge on any atom is -0.481 e. The fraction of sp³-hybridized carbons (Fsp3) is 0.632. The highest BCUT2D eigenvalue weighted by Crippen LogP contribution is 2.31. The molecule has 1 aromatic carbocycles. The molecule has 0 spiro atoms. The second-order valence-electron chi connectivity index (χ2n) is 14.8. The van der Waals surface area contributed by atoms with Crippen LogP contribution in [0.5, 0.6) is 0 Å². The number of likely N-dealkylation sites (N-methyl/N-ethyl adjacent to an activating group) is 2. The summed E-state index contributed by atoms with van der Waals surface area (Å²) in [7, 11) is 3.61. The molecule has 2 heterocycles. The Hall–Kier alpha value is -4.44. The third kappa shape index (κ3) is 12.3. The smallest absolute Gasteiger partial charge is 0.306 e. The number of non-ortho nitro benzene ring substituents is 1. The van der Waals surface area contributed by atoms with Crippen molar-refractivity contribution in [2.24, 2.45) is 17.8 Å². The highest BCUT2D eigenvalue weighted by Gasteiger charge is 2.37. The first-order valence-electron chi connectivity index (χ1n) is 18.6. The Morgan fingerprint density at radius 3 is 2.31 bits per heavy atom. The average Bonchev–Trinajstić information content (AvgIpc) is 3.62. The van der Waals surface area contributed by atoms with Gasteiger partial charge >= 0.3 is 11.9 Å². The number of benzene rings is 1. The summed E-state index contributed by atoms with van der Waals surface area (Å²) < 4.78 is 5.74. The average molecular weight is 773 g/mol. The van der Waals surface area contributed by atoms with Crippen LogP contribution < -0.4 is 10.6 Å². The Bertz CT molecular complexity index is 1620. The number of carboxylic acid groups (broad SMARTS) is 1. The number of nitro groups is 1. The van der Waals surface area contributed by atoms with Crippen molar-refractivity contribution in [1.29, 1.82) is 0 Å². The van der Waals surface area contributed by atoms with Gasteiger partial charge in [-0.1, -0.05) is 59.6 Å². The molecular formula is C38H56N6O9S. The first-order valence-corrected chi connectivity index (χ1v) is 19.5. The van der Waals surface area contributed by atoms with Gasteiger partial charge in [-0.3, -0.25) is 39.0 Å². The molecule has 2 aromatic rings. The summed E-state index contributed by atoms with van der Waals surface area (Å²) in [5.41, 5.74) is 0.629. The molecular weight excluding hydrogens is 717 g/mol. The van der Waals surface area contributed by atoms with Gasteiger partial charge in [0.25, 0.3) is 11.6 Å². The molecule has 0 aliphatic carbocycles. The molecule has 0 bridgehead atoms. The minimum atomic E-state index is -1.03. The number of carbonyl (C=O) groups is 5. The normalized spacial score (nSPS) is 18.1. The lowest BCUT2D eigenvalue weighted by molar-refractivity contribution is -0.384. The SMILES string of the molecule is CC[C@H](C)[C@H](NC(=O)[C@H]1CCCCN1C)C(=O)N(C)[C@H](C[C@@H](OC(C)=O)c1nc(C(=O)N[C@@H](Cc2ccc([N+](=O)[O-])cc2)C[C@H](C)C(=O)O)cs1)C(C)C. The number of nitrogens with zero attached hydrogens (tertiary/aromatic N) is 4. The van der Waals surface area contributed by atoms with Gasteiger partial charge in [0.15, 0.2) is 6.10 Å². The van der Waals surface area contributed by atoms with Gasteiger partial charge in [-0.05, 0) is 56.7 Å². The Morgan fingerprint density at radius 2 is 1.76 bits per heavy atom. The zero-order chi connectivity index (χ0) is 40.3. The highest BCUT2D eigenvalue weighted by molar-refractivity contribution is 7.09. The van der Waals surface area contributed by atoms with Crippen LogP contribution in [-0.4, -0.2) is 99.3 Å². The summed E-state index contributed by atoms with van der Waals surface area (Å²) >= 11 is 1.12. The number of carboxylic acids is 1. The molecule has 16 heteroatoms. The number of hydrogen-bond acceptors (Lipinski definition) is 11. The number of nitro benzene ring substituents is 1. The van der Waals surface area contributed by atoms with Crippen molar-refractivity contribution in [1.82, 2.24) is 25.4 Å². The predicted octanol–water partition coefficient (Wildman–Crippen LogP) is 5.00. The van der Waals surface area contributed by atoms with E-state index in [1.54, 1.807) is 24.1 Å². The maximum Gasteiger partial charge on any atom is 0.306 e. The van der Waals surface area contributed by atoms with E-state index in [1.165, 1.54) is 31.4 Å². The fourth-order valence-electron chi connectivity index (χ4n) is 6.78. The zero-order valence-corrected chi connectivity index (χ0v) is 33.4. The molecule has 3 N–H and O–H groups in total. The summed E-state index contributed by atoms with van der Waals surface area (Å²) in [5, 5.41) is 28.5. The maximum absolute atomic E-state index is 14.2. The third-order valence-corrected chi connectivity index (χ3v) is 11.2. The Labute approximate surface area is 321 Å². The number of aromatic nitrogens is 1. The van der Waals surface area contributed by atoms with Crippen molar-refractivity contribution in [3.8, 4) is 0 Å². The number of aliphatic carboxylic acids is 1. The minimum absolute atomic E-state index is 0.0431. The molecule has 3 amide bonds. The number of thiazole rings is 1. The van der Waals surface area contributed by atoms with E-state index >= 15 is 0 Å². The molecule has 15 nitrogen and oxygen atoms in total. The van der Waals surface area contributed by atoms with Crippen LogP contribution in [0.1, 0.15) is 107 Å². The number of nitrogens with one attached hydrogen (secondary N) is 2. The molecule has 7 atom stereocenters. The van der Waals surface area contributed by atoms with E-state index in [9.17, 15) is 39.2 Å². The van der Waals surface area contributed by atoms with Gasteiger partial charge < -0.3 is 25.4 Å². The molecule has 3 rings (SSSR count). The molecule has 298 valence electrons. The molecule has 0 radical (unpaired) electrons. The molecule has 0 saturated carbocycles. The van der Waals surface area contributed by atoms with Crippen molar-refractivity contribution in [3.05, 3.63) is 56.0 Å². The summed E-state index contributed by atoms with van der Waals surface area (Å²) in [6.45, 7) is 11.4. The van der Waals surface area contributed by atoms with Crippen LogP contribution in [0.25, 0.3) is 0 Å². The van der Waals surface area contributed by atoms with E-state index in [0.717, 1.165) is 37.1 Å². The van der Waals surface area contributed by atoms with Crippen LogP contribution >= 0.6 is 11.3 Å². The number of amides is 3. The quantitative estimate of drug-likeness (QED) is 0.0986. The van der Waals surface area contributed by atoms with Gasteiger partial charge in [0.1, 0.15) is 16.7 Å². The highest BCUT2D eigenvalue weighted by atomic mass is 32.1. The van der Waals surface area contributed by atoms with Crippen LogP contribution in [0.2, 0.25) is 0 Å². The van der Waals surface area contributed by atoms with Gasteiger partial charge in [0, 0.05) is 50.0 Å². The van der Waals surface area contributed by atoms with Crippen molar-refractivity contribution < 1.29 is 38.7 Å². The van der Waals surface area contributed by atoms with Crippen LogP contribution in [0, 0.1) is 27.9 Å². The number of ether oxygens (including phenoxy) is 1. The Morgan fingerprint density at radius 1 is 1.09 bits per heavy atom. The first-order chi connectivity index (χ1) is 25.4. The zero-order valence-electron chi connectivity index (χ0n) is 32.6. The second-order valence-corrected chi connectivity index (χ2v) is 15.7. The number of hydrogen-bond donors (Lipinski definition) is 3. The van der Waals surface area contributed by atoms with E-state index in [0.29, 0.717) is 17.0 Å². The number of esters is 1. The van der Waals surface area contributed by atoms with Crippen LogP contribution in [0.15, 0.2) is 29.6 Å². The van der Waals surface area contributed by atoms with Gasteiger partial charge in [-0.15, -0.1) is 11.3 Å². The summed E-state index contributed by atoms with van der Waals surface area (Å²) in [6, 6.07) is 3.70. The Balaban J connectivity index is 1.82. The molecule has 0 unspecified atom stereocenters. The maximum atomic E-state index is 14.2. The van der Waals surface area contributed by atoms with Gasteiger partial charge in [-0.2, -0.15) is 0 Å². The van der Waals surface area contributed by atoms with Crippen molar-refractivity contribution in [2.45, 2.75) is 117 Å². The lowest BCUT2D eigenvalue weighted by atomic mass is 9.92. The topological polar surface area (TPSA) is 201 Å². The van der Waals surface area contributed by atoms with Crippen LogP contribution in [0.4, 0.5) is 5.69 Å². The van der Waals surface area contributed by atoms with E-state index < -0.39 is 52.9 Å². The summed E-state index contributed by atoms with van der Waals surface area (Å²) in [5.74, 6) is -3.59. The molecule has 1 saturated heterocycles. The van der Waals surface area contributed by atoms with E-state index in [1.807, 2.05) is 39.6 Å². The molecule has 1 fully saturated rings. The monoisotopic (exact) mass is 772 g/mol. The van der Waals surface area contributed by atoms with Gasteiger partial charge in [-0.25, -0.2) is 4.98 Å². The lowest BCUT2D eigenvalue weighted by Gasteiger charge is -2.38. The van der Waals surface area contributed by atoms with E-state index in [4.69, 9.17) is 4.74 Å². The molecule has 54 heavy (non-hydrogen) atoms. The largest absolute Gasteiger partial charge is 0.481 e. The third-order valence-electron chi connectivity index (χ3n) is 10.3. The molecule has 1 aliphatic rings. The Kier molecular flexibility index (Phi) is 16.5. The first kappa shape index (κ1) is 44.0. The van der Waals surface area contributed by atoms with Crippen molar-refractivity contribution >= 4 is 46.7 Å². The van der Waals surface area contributed by atoms with Gasteiger partial charge in [0.2, 0.25) is 11.8 Å². The molecule has 1 aromatic heterocycles. The number of carbonyl (C=O) groups excluding carboxylic acids is 4. The second kappa shape index (κ2) is 20.3. The number of rotatable bonds is 19. The van der Waals surface area contributed by atoms with E-state index in [2.05, 4.69) is 15.6 Å². The van der Waals surface area contributed by atoms with Crippen LogP contribution in [-0.2, 0) is 30.3 Å². The van der Waals surface area contributed by atoms with Crippen molar-refractivity contribution in [3.63, 3.8) is 0 Å². The number of likely N-dealkylation sites (tertiary alicyclic amines) is 1. The number of piperidine rings is 1. The standard InChI is InChI=1S/C38H56N6O9S/c1-9-23(4)33(41-35(47)30-12-10-11-17-42(30)7)37(48)43(8)31(22(2)3)20-32(53-25(6)45)36-40-29(21-54-36)34(46)39-27(18-24(5)38(49)50)19-26-13-15-28(16-14-26)44(51)52/h13-16,21-24,27,30-33H,9-12,17-20H2,1-8H3,(H,39,46)(H,41,47)(H,49,50)/t23-,24-,27+,30+,31+,32+,33-/m0/s1.